The van der Waals surface area contributed by atoms with Gasteiger partial charge < -0.3 is 5.11 Å². The maximum absolute atomic E-state index is 10.4. The molecular weight excluding hydrogens is 260 g/mol. The van der Waals surface area contributed by atoms with Crippen molar-refractivity contribution in [3.63, 3.8) is 0 Å². The lowest BCUT2D eigenvalue weighted by atomic mass is 9.86. The highest BCUT2D eigenvalue weighted by Crippen LogP contribution is 2.35. The Hall–Kier alpha value is -1.77. The Morgan fingerprint density at radius 3 is 2.14 bits per heavy atom. The van der Waals surface area contributed by atoms with Gasteiger partial charge in [-0.1, -0.05) is 39.0 Å². The van der Waals surface area contributed by atoms with Crippen LogP contribution in [0.4, 0.5) is 0 Å². The van der Waals surface area contributed by atoms with E-state index in [0.29, 0.717) is 5.69 Å². The molecule has 0 fully saturated rings. The highest BCUT2D eigenvalue weighted by atomic mass is 16.3. The topological polar surface area (TPSA) is 38.1 Å². The van der Waals surface area contributed by atoms with Crippen LogP contribution in [0.2, 0.25) is 0 Å². The van der Waals surface area contributed by atoms with Crippen molar-refractivity contribution in [3.05, 3.63) is 35.5 Å². The minimum absolute atomic E-state index is 0.0767. The predicted molar refractivity (Wildman–Crippen MR) is 87.8 cm³/mol. The van der Waals surface area contributed by atoms with Crippen LogP contribution in [0, 0.1) is 6.92 Å². The molecule has 2 rings (SSSR count). The summed E-state index contributed by atoms with van der Waals surface area (Å²) in [6, 6.07) is 8.27. The SMILES string of the molecule is Cc1c(O)c(-c2cccc(C(C)(C)C)c2)nn1C(C)(C)C. The van der Waals surface area contributed by atoms with E-state index in [1.807, 2.05) is 23.7 Å². The summed E-state index contributed by atoms with van der Waals surface area (Å²) in [6.07, 6.45) is 0. The molecule has 0 saturated heterocycles. The van der Waals surface area contributed by atoms with Crippen LogP contribution < -0.4 is 0 Å². The van der Waals surface area contributed by atoms with Crippen molar-refractivity contribution in [2.75, 3.05) is 0 Å². The van der Waals surface area contributed by atoms with E-state index in [-0.39, 0.29) is 16.7 Å². The zero-order valence-electron chi connectivity index (χ0n) is 14.2. The van der Waals surface area contributed by atoms with E-state index in [2.05, 4.69) is 58.8 Å². The number of hydrogen-bond acceptors (Lipinski definition) is 2. The average Bonchev–Trinajstić information content (AvgIpc) is 2.65. The molecule has 114 valence electrons. The average molecular weight is 286 g/mol. The zero-order valence-corrected chi connectivity index (χ0v) is 14.2. The van der Waals surface area contributed by atoms with Crippen LogP contribution >= 0.6 is 0 Å². The molecule has 0 amide bonds. The number of nitrogens with zero attached hydrogens (tertiary/aromatic N) is 2. The van der Waals surface area contributed by atoms with Crippen LogP contribution in [0.1, 0.15) is 52.8 Å². The van der Waals surface area contributed by atoms with Gasteiger partial charge in [-0.2, -0.15) is 5.10 Å². The first-order chi connectivity index (χ1) is 9.51. The van der Waals surface area contributed by atoms with Gasteiger partial charge in [0.25, 0.3) is 0 Å². The normalized spacial score (nSPS) is 12.7. The third kappa shape index (κ3) is 2.97. The van der Waals surface area contributed by atoms with Gasteiger partial charge in [-0.05, 0) is 44.7 Å². The monoisotopic (exact) mass is 286 g/mol. The van der Waals surface area contributed by atoms with Crippen LogP contribution in [-0.2, 0) is 11.0 Å². The molecule has 0 atom stereocenters. The van der Waals surface area contributed by atoms with E-state index in [4.69, 9.17) is 0 Å². The van der Waals surface area contributed by atoms with Crippen molar-refractivity contribution < 1.29 is 5.11 Å². The minimum atomic E-state index is -0.151. The first kappa shape index (κ1) is 15.6. The maximum atomic E-state index is 10.4. The van der Waals surface area contributed by atoms with Crippen molar-refractivity contribution in [2.45, 2.75) is 59.4 Å². The van der Waals surface area contributed by atoms with Gasteiger partial charge >= 0.3 is 0 Å². The molecule has 1 aromatic heterocycles. The third-order valence-corrected chi connectivity index (χ3v) is 3.72. The highest BCUT2D eigenvalue weighted by Gasteiger charge is 2.23. The van der Waals surface area contributed by atoms with Crippen molar-refractivity contribution in [2.24, 2.45) is 0 Å². The Bertz CT molecular complexity index is 655. The molecule has 0 radical (unpaired) electrons. The van der Waals surface area contributed by atoms with Gasteiger partial charge in [0.05, 0.1) is 11.2 Å². The van der Waals surface area contributed by atoms with Crippen molar-refractivity contribution in [1.82, 2.24) is 9.78 Å². The van der Waals surface area contributed by atoms with Crippen LogP contribution in [0.15, 0.2) is 24.3 Å². The predicted octanol–water partition coefficient (Wildman–Crippen LogP) is 4.62. The molecule has 0 unspecified atom stereocenters. The van der Waals surface area contributed by atoms with E-state index < -0.39 is 0 Å². The van der Waals surface area contributed by atoms with E-state index >= 15 is 0 Å². The van der Waals surface area contributed by atoms with Crippen molar-refractivity contribution in [3.8, 4) is 17.0 Å². The summed E-state index contributed by atoms with van der Waals surface area (Å²) in [5.74, 6) is 0.274. The van der Waals surface area contributed by atoms with Crippen LogP contribution in [0.3, 0.4) is 0 Å². The van der Waals surface area contributed by atoms with Gasteiger partial charge in [-0.3, -0.25) is 4.68 Å². The van der Waals surface area contributed by atoms with Gasteiger partial charge in [-0.15, -0.1) is 0 Å². The smallest absolute Gasteiger partial charge is 0.164 e. The summed E-state index contributed by atoms with van der Waals surface area (Å²) >= 11 is 0. The summed E-state index contributed by atoms with van der Waals surface area (Å²) < 4.78 is 1.89. The summed E-state index contributed by atoms with van der Waals surface area (Å²) in [7, 11) is 0. The van der Waals surface area contributed by atoms with E-state index in [1.165, 1.54) is 5.56 Å². The number of hydrogen-bond donors (Lipinski definition) is 1. The molecule has 1 heterocycles. The first-order valence-corrected chi connectivity index (χ1v) is 7.42. The van der Waals surface area contributed by atoms with Crippen LogP contribution in [0.5, 0.6) is 5.75 Å². The molecule has 3 heteroatoms. The van der Waals surface area contributed by atoms with E-state index in [0.717, 1.165) is 11.3 Å². The molecule has 0 aliphatic carbocycles. The Balaban J connectivity index is 2.58. The number of aromatic nitrogens is 2. The lowest BCUT2D eigenvalue weighted by molar-refractivity contribution is 0.345. The minimum Gasteiger partial charge on any atom is -0.504 e. The summed E-state index contributed by atoms with van der Waals surface area (Å²) in [5.41, 5.74) is 3.59. The fraction of sp³-hybridized carbons (Fsp3) is 0.500. The number of rotatable bonds is 1. The summed E-state index contributed by atoms with van der Waals surface area (Å²) in [6.45, 7) is 14.7. The molecule has 0 bridgehead atoms. The standard InChI is InChI=1S/C18H26N2O/c1-12-16(21)15(19-20(12)18(5,6)7)13-9-8-10-14(11-13)17(2,3)4/h8-11,21H,1-7H3. The fourth-order valence-corrected chi connectivity index (χ4v) is 2.47. The molecule has 0 aliphatic heterocycles. The quantitative estimate of drug-likeness (QED) is 0.831. The van der Waals surface area contributed by atoms with Gasteiger partial charge in [-0.25, -0.2) is 0 Å². The Labute approximate surface area is 127 Å². The zero-order chi connectivity index (χ0) is 16.0. The van der Waals surface area contributed by atoms with Crippen LogP contribution in [-0.4, -0.2) is 14.9 Å². The Kier molecular flexibility index (Phi) is 3.64. The molecule has 0 aliphatic rings. The molecule has 1 aromatic carbocycles. The second-order valence-corrected chi connectivity index (χ2v) is 7.70. The molecule has 3 nitrogen and oxygen atoms in total. The fourth-order valence-electron chi connectivity index (χ4n) is 2.47. The van der Waals surface area contributed by atoms with Crippen molar-refractivity contribution in [1.29, 1.82) is 0 Å². The Morgan fingerprint density at radius 1 is 1.05 bits per heavy atom. The van der Waals surface area contributed by atoms with E-state index in [1.54, 1.807) is 0 Å². The molecule has 0 spiro atoms. The van der Waals surface area contributed by atoms with E-state index in [9.17, 15) is 5.11 Å². The second kappa shape index (κ2) is 4.90. The molecular formula is C18H26N2O. The second-order valence-electron chi connectivity index (χ2n) is 7.70. The molecule has 2 aromatic rings. The van der Waals surface area contributed by atoms with Gasteiger partial charge in [0.2, 0.25) is 0 Å². The largest absolute Gasteiger partial charge is 0.504 e. The van der Waals surface area contributed by atoms with Gasteiger partial charge in [0.15, 0.2) is 5.75 Å². The number of aromatic hydroxyl groups is 1. The first-order valence-electron chi connectivity index (χ1n) is 7.42. The van der Waals surface area contributed by atoms with Crippen molar-refractivity contribution >= 4 is 0 Å². The van der Waals surface area contributed by atoms with Gasteiger partial charge in [0, 0.05) is 5.56 Å². The molecule has 21 heavy (non-hydrogen) atoms. The third-order valence-electron chi connectivity index (χ3n) is 3.72. The molecule has 0 saturated carbocycles. The van der Waals surface area contributed by atoms with Crippen LogP contribution in [0.25, 0.3) is 11.3 Å². The highest BCUT2D eigenvalue weighted by molar-refractivity contribution is 5.68. The number of benzene rings is 1. The molecule has 1 N–H and O–H groups in total. The maximum Gasteiger partial charge on any atom is 0.164 e. The van der Waals surface area contributed by atoms with Gasteiger partial charge in [0.1, 0.15) is 5.69 Å². The lowest BCUT2D eigenvalue weighted by Gasteiger charge is -2.21. The lowest BCUT2D eigenvalue weighted by Crippen LogP contribution is -2.24. The Morgan fingerprint density at radius 2 is 1.67 bits per heavy atom. The summed E-state index contributed by atoms with van der Waals surface area (Å²) in [4.78, 5) is 0. The summed E-state index contributed by atoms with van der Waals surface area (Å²) in [5, 5.41) is 15.1.